The van der Waals surface area contributed by atoms with E-state index in [4.69, 9.17) is 0 Å². The standard InChI is InChI=1S/C17H14N2S2/c1-5-13(18-9-1)17(14-6-2-10-19-14,15-7-3-11-20-15)16-8-4-12-21-16/h1-12,18-19H. The van der Waals surface area contributed by atoms with E-state index < -0.39 is 0 Å². The lowest BCUT2D eigenvalue weighted by atomic mass is 9.78. The first-order chi connectivity index (χ1) is 10.4. The van der Waals surface area contributed by atoms with Crippen LogP contribution >= 0.6 is 22.7 Å². The average molecular weight is 310 g/mol. The summed E-state index contributed by atoms with van der Waals surface area (Å²) in [6.07, 6.45) is 3.99. The minimum Gasteiger partial charge on any atom is -0.364 e. The molecule has 0 saturated heterocycles. The number of nitrogens with one attached hydrogen (secondary N) is 2. The van der Waals surface area contributed by atoms with Gasteiger partial charge >= 0.3 is 0 Å². The van der Waals surface area contributed by atoms with Gasteiger partial charge in [-0.25, -0.2) is 0 Å². The molecular weight excluding hydrogens is 296 g/mol. The van der Waals surface area contributed by atoms with E-state index in [-0.39, 0.29) is 5.41 Å². The predicted octanol–water partition coefficient (Wildman–Crippen LogP) is 4.85. The van der Waals surface area contributed by atoms with Crippen LogP contribution in [0.15, 0.2) is 71.7 Å². The molecule has 0 saturated carbocycles. The molecule has 0 spiro atoms. The topological polar surface area (TPSA) is 31.6 Å². The average Bonchev–Trinajstić information content (AvgIpc) is 3.32. The Labute approximate surface area is 131 Å². The Bertz CT molecular complexity index is 637. The third-order valence-corrected chi connectivity index (χ3v) is 5.76. The van der Waals surface area contributed by atoms with Gasteiger partial charge < -0.3 is 9.97 Å². The van der Waals surface area contributed by atoms with Crippen LogP contribution < -0.4 is 0 Å². The second-order valence-corrected chi connectivity index (χ2v) is 6.77. The lowest BCUT2D eigenvalue weighted by molar-refractivity contribution is 0.729. The maximum atomic E-state index is 3.44. The summed E-state index contributed by atoms with van der Waals surface area (Å²) in [4.78, 5) is 9.50. The number of aromatic nitrogens is 2. The first-order valence-corrected chi connectivity index (χ1v) is 8.54. The van der Waals surface area contributed by atoms with Crippen molar-refractivity contribution >= 4 is 22.7 Å². The number of H-pyrrole nitrogens is 2. The van der Waals surface area contributed by atoms with Gasteiger partial charge in [-0.05, 0) is 47.2 Å². The van der Waals surface area contributed by atoms with E-state index in [2.05, 4.69) is 69.3 Å². The Kier molecular flexibility index (Phi) is 3.05. The molecule has 4 heteroatoms. The highest BCUT2D eigenvalue weighted by molar-refractivity contribution is 7.12. The van der Waals surface area contributed by atoms with E-state index in [0.29, 0.717) is 0 Å². The van der Waals surface area contributed by atoms with Crippen molar-refractivity contribution < 1.29 is 0 Å². The van der Waals surface area contributed by atoms with Crippen LogP contribution in [0.3, 0.4) is 0 Å². The van der Waals surface area contributed by atoms with Crippen LogP contribution in [-0.2, 0) is 5.41 Å². The van der Waals surface area contributed by atoms with Crippen molar-refractivity contribution in [2.24, 2.45) is 0 Å². The molecule has 0 amide bonds. The molecule has 4 aromatic heterocycles. The van der Waals surface area contributed by atoms with Crippen LogP contribution in [0.4, 0.5) is 0 Å². The summed E-state index contributed by atoms with van der Waals surface area (Å²) >= 11 is 3.58. The molecule has 0 aromatic carbocycles. The van der Waals surface area contributed by atoms with E-state index in [1.165, 1.54) is 21.1 Å². The maximum Gasteiger partial charge on any atom is 0.118 e. The third-order valence-electron chi connectivity index (χ3n) is 3.79. The van der Waals surface area contributed by atoms with Gasteiger partial charge in [0.2, 0.25) is 0 Å². The Morgan fingerprint density at radius 1 is 0.667 bits per heavy atom. The Hall–Kier alpha value is -2.04. The molecule has 0 aliphatic carbocycles. The van der Waals surface area contributed by atoms with Gasteiger partial charge in [0.25, 0.3) is 0 Å². The first kappa shape index (κ1) is 12.7. The Morgan fingerprint density at radius 3 is 1.52 bits per heavy atom. The molecule has 0 atom stereocenters. The fourth-order valence-corrected chi connectivity index (χ4v) is 4.91. The highest BCUT2D eigenvalue weighted by atomic mass is 32.1. The summed E-state index contributed by atoms with van der Waals surface area (Å²) < 4.78 is 0. The van der Waals surface area contributed by atoms with Crippen molar-refractivity contribution in [3.63, 3.8) is 0 Å². The molecule has 4 heterocycles. The van der Waals surface area contributed by atoms with Crippen molar-refractivity contribution in [1.82, 2.24) is 9.97 Å². The third kappa shape index (κ3) is 1.83. The molecule has 0 unspecified atom stereocenters. The molecule has 4 aromatic rings. The van der Waals surface area contributed by atoms with Gasteiger partial charge in [0.1, 0.15) is 5.41 Å². The molecule has 2 nitrogen and oxygen atoms in total. The van der Waals surface area contributed by atoms with E-state index in [1.807, 2.05) is 12.4 Å². The van der Waals surface area contributed by atoms with Gasteiger partial charge in [0.15, 0.2) is 0 Å². The lowest BCUT2D eigenvalue weighted by Gasteiger charge is -2.31. The fourth-order valence-electron chi connectivity index (χ4n) is 2.91. The molecule has 2 N–H and O–H groups in total. The summed E-state index contributed by atoms with van der Waals surface area (Å²) in [5, 5.41) is 4.28. The number of rotatable bonds is 4. The number of thiophene rings is 2. The summed E-state index contributed by atoms with van der Waals surface area (Å²) in [6.45, 7) is 0. The zero-order valence-corrected chi connectivity index (χ0v) is 12.9. The van der Waals surface area contributed by atoms with Crippen molar-refractivity contribution in [1.29, 1.82) is 0 Å². The van der Waals surface area contributed by atoms with Crippen LogP contribution in [0.5, 0.6) is 0 Å². The maximum absolute atomic E-state index is 3.44. The zero-order chi connectivity index (χ0) is 14.1. The highest BCUT2D eigenvalue weighted by Gasteiger charge is 2.41. The van der Waals surface area contributed by atoms with E-state index in [1.54, 1.807) is 22.7 Å². The highest BCUT2D eigenvalue weighted by Crippen LogP contribution is 2.47. The molecule has 0 bridgehead atoms. The number of hydrogen-bond donors (Lipinski definition) is 2. The number of hydrogen-bond acceptors (Lipinski definition) is 2. The van der Waals surface area contributed by atoms with Crippen LogP contribution in [-0.4, -0.2) is 9.97 Å². The minimum absolute atomic E-state index is 0.282. The quantitative estimate of drug-likeness (QED) is 0.540. The smallest absolute Gasteiger partial charge is 0.118 e. The van der Waals surface area contributed by atoms with Gasteiger partial charge in [-0.3, -0.25) is 0 Å². The Morgan fingerprint density at radius 2 is 1.19 bits per heavy atom. The van der Waals surface area contributed by atoms with Crippen LogP contribution in [0, 0.1) is 0 Å². The van der Waals surface area contributed by atoms with E-state index in [0.717, 1.165) is 0 Å². The summed E-state index contributed by atoms with van der Waals surface area (Å²) in [7, 11) is 0. The Balaban J connectivity index is 2.10. The van der Waals surface area contributed by atoms with Crippen molar-refractivity contribution in [2.75, 3.05) is 0 Å². The van der Waals surface area contributed by atoms with Crippen LogP contribution in [0.2, 0.25) is 0 Å². The first-order valence-electron chi connectivity index (χ1n) is 6.78. The normalized spacial score (nSPS) is 11.8. The summed E-state index contributed by atoms with van der Waals surface area (Å²) in [5.74, 6) is 0. The molecule has 0 radical (unpaired) electrons. The van der Waals surface area contributed by atoms with Crippen molar-refractivity contribution in [3.8, 4) is 0 Å². The van der Waals surface area contributed by atoms with Gasteiger partial charge in [-0.15, -0.1) is 22.7 Å². The summed E-state index contributed by atoms with van der Waals surface area (Å²) in [5.41, 5.74) is 2.10. The second-order valence-electron chi connectivity index (χ2n) is 4.87. The van der Waals surface area contributed by atoms with Crippen LogP contribution in [0.25, 0.3) is 0 Å². The molecular formula is C17H14N2S2. The number of aromatic amines is 2. The fraction of sp³-hybridized carbons (Fsp3) is 0.0588. The zero-order valence-electron chi connectivity index (χ0n) is 11.2. The largest absolute Gasteiger partial charge is 0.364 e. The lowest BCUT2D eigenvalue weighted by Crippen LogP contribution is -2.29. The summed E-state index contributed by atoms with van der Waals surface area (Å²) in [6, 6.07) is 17.1. The monoisotopic (exact) mass is 310 g/mol. The van der Waals surface area contributed by atoms with Gasteiger partial charge in [0.05, 0.1) is 0 Å². The minimum atomic E-state index is -0.282. The predicted molar refractivity (Wildman–Crippen MR) is 89.2 cm³/mol. The van der Waals surface area contributed by atoms with Gasteiger partial charge in [0, 0.05) is 33.5 Å². The molecule has 0 aliphatic heterocycles. The molecule has 0 fully saturated rings. The van der Waals surface area contributed by atoms with E-state index >= 15 is 0 Å². The second kappa shape index (κ2) is 5.06. The SMILES string of the molecule is c1c[nH]c(C(c2ccc[nH]2)(c2cccs2)c2cccs2)c1. The van der Waals surface area contributed by atoms with E-state index in [9.17, 15) is 0 Å². The molecule has 0 aliphatic rings. The van der Waals surface area contributed by atoms with Gasteiger partial charge in [-0.1, -0.05) is 12.1 Å². The molecule has 21 heavy (non-hydrogen) atoms. The van der Waals surface area contributed by atoms with Crippen molar-refractivity contribution in [2.45, 2.75) is 5.41 Å². The molecule has 104 valence electrons. The molecule has 4 rings (SSSR count). The van der Waals surface area contributed by atoms with Crippen molar-refractivity contribution in [3.05, 3.63) is 92.8 Å². The van der Waals surface area contributed by atoms with Gasteiger partial charge in [-0.2, -0.15) is 0 Å². The van der Waals surface area contributed by atoms with Crippen LogP contribution in [0.1, 0.15) is 21.1 Å².